The van der Waals surface area contributed by atoms with Gasteiger partial charge in [-0.3, -0.25) is 0 Å². The highest BCUT2D eigenvalue weighted by Gasteiger charge is 2.28. The van der Waals surface area contributed by atoms with E-state index in [0.29, 0.717) is 6.42 Å². The van der Waals surface area contributed by atoms with Gasteiger partial charge in [-0.2, -0.15) is 0 Å². The molecule has 0 aromatic heterocycles. The highest BCUT2D eigenvalue weighted by molar-refractivity contribution is 5.35. The largest absolute Gasteiger partial charge is 0.245 e. The molecule has 0 N–H and O–H groups in total. The molecule has 0 bridgehead atoms. The summed E-state index contributed by atoms with van der Waals surface area (Å²) in [6.07, 6.45) is -0.781. The molecule has 0 saturated heterocycles. The summed E-state index contributed by atoms with van der Waals surface area (Å²) in [6, 6.07) is 7.50. The maximum Gasteiger partial charge on any atom is 0.245 e. The average molecular weight is 168 g/mol. The fourth-order valence-corrected chi connectivity index (χ4v) is 1.85. The second kappa shape index (κ2) is 2.85. The quantitative estimate of drug-likeness (QED) is 0.604. The van der Waals surface area contributed by atoms with E-state index < -0.39 is 12.3 Å². The first-order valence-corrected chi connectivity index (χ1v) is 4.15. The molecule has 1 aromatic carbocycles. The number of rotatable bonds is 1. The standard InChI is InChI=1S/C10H10F2/c11-10(12)9-6-5-7-3-1-2-4-8(7)9/h1-4,9-10H,5-6H2/t9-/m1/s1. The Morgan fingerprint density at radius 1 is 1.25 bits per heavy atom. The molecule has 0 amide bonds. The number of hydrogen-bond acceptors (Lipinski definition) is 0. The van der Waals surface area contributed by atoms with E-state index in [9.17, 15) is 8.78 Å². The molecule has 0 aliphatic heterocycles. The zero-order chi connectivity index (χ0) is 8.55. The Bertz CT molecular complexity index is 281. The van der Waals surface area contributed by atoms with Crippen LogP contribution < -0.4 is 0 Å². The summed E-state index contributed by atoms with van der Waals surface area (Å²) >= 11 is 0. The van der Waals surface area contributed by atoms with Crippen LogP contribution in [-0.2, 0) is 6.42 Å². The second-order valence-corrected chi connectivity index (χ2v) is 3.18. The lowest BCUT2D eigenvalue weighted by Gasteiger charge is -2.08. The van der Waals surface area contributed by atoms with Crippen LogP contribution in [0.2, 0.25) is 0 Å². The van der Waals surface area contributed by atoms with Crippen molar-refractivity contribution >= 4 is 0 Å². The van der Waals surface area contributed by atoms with Gasteiger partial charge in [0.05, 0.1) is 0 Å². The molecule has 1 atom stereocenters. The second-order valence-electron chi connectivity index (χ2n) is 3.18. The van der Waals surface area contributed by atoms with Crippen molar-refractivity contribution in [1.29, 1.82) is 0 Å². The Hall–Kier alpha value is -0.920. The minimum atomic E-state index is -2.20. The molecule has 64 valence electrons. The number of aryl methyl sites for hydroxylation is 1. The van der Waals surface area contributed by atoms with Crippen molar-refractivity contribution in [2.45, 2.75) is 25.2 Å². The lowest BCUT2D eigenvalue weighted by Crippen LogP contribution is -2.04. The van der Waals surface area contributed by atoms with E-state index in [-0.39, 0.29) is 0 Å². The molecular weight excluding hydrogens is 158 g/mol. The van der Waals surface area contributed by atoms with Crippen LogP contribution in [-0.4, -0.2) is 6.43 Å². The van der Waals surface area contributed by atoms with Gasteiger partial charge in [0.2, 0.25) is 6.43 Å². The summed E-state index contributed by atoms with van der Waals surface area (Å²) in [5, 5.41) is 0. The Morgan fingerprint density at radius 3 is 2.75 bits per heavy atom. The minimum absolute atomic E-state index is 0.513. The molecule has 1 aliphatic carbocycles. The first kappa shape index (κ1) is 7.71. The van der Waals surface area contributed by atoms with Crippen molar-refractivity contribution in [3.05, 3.63) is 35.4 Å². The predicted molar refractivity (Wildman–Crippen MR) is 43.5 cm³/mol. The van der Waals surface area contributed by atoms with E-state index in [2.05, 4.69) is 0 Å². The first-order chi connectivity index (χ1) is 5.79. The highest BCUT2D eigenvalue weighted by Crippen LogP contribution is 2.36. The maximum atomic E-state index is 12.4. The topological polar surface area (TPSA) is 0 Å². The Morgan fingerprint density at radius 2 is 2.00 bits per heavy atom. The lowest BCUT2D eigenvalue weighted by molar-refractivity contribution is 0.114. The molecule has 1 aliphatic rings. The van der Waals surface area contributed by atoms with Crippen LogP contribution in [0, 0.1) is 0 Å². The van der Waals surface area contributed by atoms with Crippen LogP contribution in [0.4, 0.5) is 8.78 Å². The van der Waals surface area contributed by atoms with Crippen LogP contribution in [0.5, 0.6) is 0 Å². The number of alkyl halides is 2. The summed E-state index contributed by atoms with van der Waals surface area (Å²) in [5.74, 6) is -0.513. The summed E-state index contributed by atoms with van der Waals surface area (Å²) < 4.78 is 24.8. The maximum absolute atomic E-state index is 12.4. The molecule has 1 aromatic rings. The normalized spacial score (nSPS) is 21.4. The van der Waals surface area contributed by atoms with Crippen LogP contribution in [0.1, 0.15) is 23.5 Å². The smallest absolute Gasteiger partial charge is 0.210 e. The van der Waals surface area contributed by atoms with E-state index in [1.165, 1.54) is 0 Å². The predicted octanol–water partition coefficient (Wildman–Crippen LogP) is 2.98. The molecule has 0 heterocycles. The number of hydrogen-bond donors (Lipinski definition) is 0. The zero-order valence-corrected chi connectivity index (χ0v) is 6.63. The minimum Gasteiger partial charge on any atom is -0.210 e. The van der Waals surface area contributed by atoms with E-state index >= 15 is 0 Å². The van der Waals surface area contributed by atoms with Gasteiger partial charge < -0.3 is 0 Å². The van der Waals surface area contributed by atoms with Gasteiger partial charge >= 0.3 is 0 Å². The van der Waals surface area contributed by atoms with Gasteiger partial charge in [0.1, 0.15) is 0 Å². The van der Waals surface area contributed by atoms with Crippen LogP contribution in [0.25, 0.3) is 0 Å². The number of halogens is 2. The molecule has 0 saturated carbocycles. The summed E-state index contributed by atoms with van der Waals surface area (Å²) in [7, 11) is 0. The van der Waals surface area contributed by atoms with Gasteiger partial charge in [-0.1, -0.05) is 24.3 Å². The van der Waals surface area contributed by atoms with E-state index in [4.69, 9.17) is 0 Å². The third kappa shape index (κ3) is 1.11. The molecule has 0 radical (unpaired) electrons. The van der Waals surface area contributed by atoms with Gasteiger partial charge in [0.25, 0.3) is 0 Å². The van der Waals surface area contributed by atoms with Crippen molar-refractivity contribution in [1.82, 2.24) is 0 Å². The Balaban J connectivity index is 2.36. The van der Waals surface area contributed by atoms with Crippen molar-refractivity contribution < 1.29 is 8.78 Å². The molecule has 0 unspecified atom stereocenters. The lowest BCUT2D eigenvalue weighted by atomic mass is 10.0. The third-order valence-corrected chi connectivity index (χ3v) is 2.48. The van der Waals surface area contributed by atoms with Crippen molar-refractivity contribution in [3.8, 4) is 0 Å². The first-order valence-electron chi connectivity index (χ1n) is 4.15. The van der Waals surface area contributed by atoms with Crippen LogP contribution in [0.15, 0.2) is 24.3 Å². The van der Waals surface area contributed by atoms with Crippen LogP contribution in [0.3, 0.4) is 0 Å². The van der Waals surface area contributed by atoms with Gasteiger partial charge in [-0.25, -0.2) is 8.78 Å². The van der Waals surface area contributed by atoms with E-state index in [1.807, 2.05) is 24.3 Å². The number of benzene rings is 1. The summed E-state index contributed by atoms with van der Waals surface area (Å²) in [5.41, 5.74) is 1.95. The van der Waals surface area contributed by atoms with Crippen molar-refractivity contribution in [2.24, 2.45) is 0 Å². The molecule has 2 rings (SSSR count). The summed E-state index contributed by atoms with van der Waals surface area (Å²) in [4.78, 5) is 0. The Kier molecular flexibility index (Phi) is 1.83. The van der Waals surface area contributed by atoms with Gasteiger partial charge in [0, 0.05) is 5.92 Å². The molecule has 0 nitrogen and oxygen atoms in total. The Labute approximate surface area is 70.2 Å². The van der Waals surface area contributed by atoms with E-state index in [1.54, 1.807) is 0 Å². The van der Waals surface area contributed by atoms with E-state index in [0.717, 1.165) is 17.5 Å². The fraction of sp³-hybridized carbons (Fsp3) is 0.400. The van der Waals surface area contributed by atoms with Crippen LogP contribution >= 0.6 is 0 Å². The third-order valence-electron chi connectivity index (χ3n) is 2.48. The molecule has 0 spiro atoms. The number of fused-ring (bicyclic) bond motifs is 1. The fourth-order valence-electron chi connectivity index (χ4n) is 1.85. The van der Waals surface area contributed by atoms with Gasteiger partial charge in [-0.05, 0) is 24.0 Å². The molecular formula is C10H10F2. The molecule has 0 fully saturated rings. The molecule has 2 heteroatoms. The van der Waals surface area contributed by atoms with Gasteiger partial charge in [0.15, 0.2) is 0 Å². The van der Waals surface area contributed by atoms with Crippen molar-refractivity contribution in [3.63, 3.8) is 0 Å². The van der Waals surface area contributed by atoms with Crippen molar-refractivity contribution in [2.75, 3.05) is 0 Å². The molecule has 12 heavy (non-hydrogen) atoms. The highest BCUT2D eigenvalue weighted by atomic mass is 19.3. The van der Waals surface area contributed by atoms with Gasteiger partial charge in [-0.15, -0.1) is 0 Å². The average Bonchev–Trinajstić information content (AvgIpc) is 2.47. The SMILES string of the molecule is FC(F)[C@@H]1CCc2ccccc21. The monoisotopic (exact) mass is 168 g/mol. The zero-order valence-electron chi connectivity index (χ0n) is 6.63. The summed E-state index contributed by atoms with van der Waals surface area (Å²) in [6.45, 7) is 0.